The van der Waals surface area contributed by atoms with E-state index < -0.39 is 5.97 Å². The van der Waals surface area contributed by atoms with Crippen molar-refractivity contribution in [1.82, 2.24) is 5.43 Å². The first-order valence-corrected chi connectivity index (χ1v) is 11.1. The zero-order valence-corrected chi connectivity index (χ0v) is 19.1. The van der Waals surface area contributed by atoms with Crippen molar-refractivity contribution in [3.63, 3.8) is 0 Å². The third-order valence-electron chi connectivity index (χ3n) is 4.99. The van der Waals surface area contributed by atoms with Gasteiger partial charge in [-0.2, -0.15) is 5.10 Å². The number of carbonyl (C=O) groups excluding carboxylic acids is 2. The van der Waals surface area contributed by atoms with Crippen LogP contribution in [-0.2, 0) is 4.79 Å². The summed E-state index contributed by atoms with van der Waals surface area (Å²) in [6, 6.07) is 27.1. The first-order valence-electron chi connectivity index (χ1n) is 11.1. The molecule has 176 valence electrons. The van der Waals surface area contributed by atoms with E-state index in [9.17, 15) is 9.59 Å². The molecule has 4 aromatic carbocycles. The van der Waals surface area contributed by atoms with Gasteiger partial charge >= 0.3 is 5.97 Å². The van der Waals surface area contributed by atoms with E-state index in [2.05, 4.69) is 10.5 Å². The van der Waals surface area contributed by atoms with Gasteiger partial charge in [0.05, 0.1) is 18.4 Å². The Hall–Kier alpha value is -4.65. The van der Waals surface area contributed by atoms with Gasteiger partial charge in [0.25, 0.3) is 5.91 Å². The van der Waals surface area contributed by atoms with E-state index in [0.29, 0.717) is 29.4 Å². The fraction of sp³-hybridized carbons (Fsp3) is 0.107. The summed E-state index contributed by atoms with van der Waals surface area (Å²) in [7, 11) is 0. The van der Waals surface area contributed by atoms with Crippen LogP contribution in [-0.4, -0.2) is 31.3 Å². The second-order valence-corrected chi connectivity index (χ2v) is 7.51. The van der Waals surface area contributed by atoms with Crippen LogP contribution in [0, 0.1) is 0 Å². The van der Waals surface area contributed by atoms with E-state index >= 15 is 0 Å². The summed E-state index contributed by atoms with van der Waals surface area (Å²) < 4.78 is 16.3. The van der Waals surface area contributed by atoms with E-state index in [1.165, 1.54) is 6.21 Å². The Kier molecular flexibility index (Phi) is 7.70. The van der Waals surface area contributed by atoms with Crippen molar-refractivity contribution in [3.8, 4) is 17.2 Å². The number of nitrogens with one attached hydrogen (secondary N) is 1. The van der Waals surface area contributed by atoms with Crippen LogP contribution in [0.25, 0.3) is 10.8 Å². The van der Waals surface area contributed by atoms with E-state index in [1.807, 2.05) is 49.4 Å². The highest BCUT2D eigenvalue weighted by Gasteiger charge is 2.09. The van der Waals surface area contributed by atoms with Crippen molar-refractivity contribution < 1.29 is 23.8 Å². The number of nitrogens with zero attached hydrogens (tertiary/aromatic N) is 1. The second kappa shape index (κ2) is 11.5. The molecule has 0 aliphatic carbocycles. The quantitative estimate of drug-likeness (QED) is 0.162. The maximum absolute atomic E-state index is 12.3. The molecule has 0 saturated heterocycles. The zero-order chi connectivity index (χ0) is 24.5. The van der Waals surface area contributed by atoms with Gasteiger partial charge in [0.2, 0.25) is 0 Å². The van der Waals surface area contributed by atoms with Crippen molar-refractivity contribution in [1.29, 1.82) is 0 Å². The molecule has 0 spiro atoms. The molecule has 0 aliphatic rings. The summed E-state index contributed by atoms with van der Waals surface area (Å²) in [5.41, 5.74) is 3.58. The highest BCUT2D eigenvalue weighted by Crippen LogP contribution is 2.20. The minimum atomic E-state index is -0.465. The number of hydrazone groups is 1. The summed E-state index contributed by atoms with van der Waals surface area (Å²) in [5.74, 6) is 0.857. The van der Waals surface area contributed by atoms with Crippen LogP contribution in [0.3, 0.4) is 0 Å². The molecule has 0 atom stereocenters. The molecule has 0 heterocycles. The average Bonchev–Trinajstić information content (AvgIpc) is 2.89. The zero-order valence-electron chi connectivity index (χ0n) is 19.1. The van der Waals surface area contributed by atoms with Crippen molar-refractivity contribution >= 4 is 28.9 Å². The molecule has 0 bridgehead atoms. The number of hydrogen-bond donors (Lipinski definition) is 1. The highest BCUT2D eigenvalue weighted by molar-refractivity contribution is 5.91. The molecule has 0 aromatic heterocycles. The largest absolute Gasteiger partial charge is 0.494 e. The molecule has 7 nitrogen and oxygen atoms in total. The number of rotatable bonds is 9. The van der Waals surface area contributed by atoms with Crippen LogP contribution in [0.5, 0.6) is 17.2 Å². The molecular formula is C28H24N2O5. The van der Waals surface area contributed by atoms with Gasteiger partial charge in [-0.05, 0) is 83.9 Å². The average molecular weight is 469 g/mol. The van der Waals surface area contributed by atoms with E-state index in [1.54, 1.807) is 48.5 Å². The maximum atomic E-state index is 12.3. The predicted octanol–water partition coefficient (Wildman–Crippen LogP) is 4.99. The van der Waals surface area contributed by atoms with Crippen LogP contribution < -0.4 is 19.6 Å². The summed E-state index contributed by atoms with van der Waals surface area (Å²) >= 11 is 0. The van der Waals surface area contributed by atoms with Gasteiger partial charge in [-0.15, -0.1) is 0 Å². The van der Waals surface area contributed by atoms with Gasteiger partial charge in [0.15, 0.2) is 6.61 Å². The molecule has 1 N–H and O–H groups in total. The SMILES string of the molecule is CCOc1ccc(C(=O)Oc2ccc(/C=N\NC(=O)COc3ccc4ccccc4c3)cc2)cc1. The van der Waals surface area contributed by atoms with Crippen molar-refractivity contribution in [2.45, 2.75) is 6.92 Å². The smallest absolute Gasteiger partial charge is 0.343 e. The molecule has 4 aromatic rings. The second-order valence-electron chi connectivity index (χ2n) is 7.51. The van der Waals surface area contributed by atoms with Crippen molar-refractivity contribution in [2.75, 3.05) is 13.2 Å². The summed E-state index contributed by atoms with van der Waals surface area (Å²) in [6.07, 6.45) is 1.49. The van der Waals surface area contributed by atoms with Gasteiger partial charge in [0, 0.05) is 0 Å². The van der Waals surface area contributed by atoms with Crippen LogP contribution >= 0.6 is 0 Å². The predicted molar refractivity (Wildman–Crippen MR) is 134 cm³/mol. The number of carbonyl (C=O) groups is 2. The standard InChI is InChI=1S/C28H24N2O5/c1-2-33-24-14-10-22(11-15-24)28(32)35-25-12-7-20(8-13-25)18-29-30-27(31)19-34-26-16-9-21-5-3-4-6-23(21)17-26/h3-18H,2,19H2,1H3,(H,30,31)/b29-18-. The Morgan fingerprint density at radius 1 is 0.800 bits per heavy atom. The van der Waals surface area contributed by atoms with E-state index in [4.69, 9.17) is 14.2 Å². The molecule has 35 heavy (non-hydrogen) atoms. The summed E-state index contributed by atoms with van der Waals surface area (Å²) in [4.78, 5) is 24.3. The van der Waals surface area contributed by atoms with Gasteiger partial charge in [-0.1, -0.05) is 30.3 Å². The molecular weight excluding hydrogens is 444 g/mol. The van der Waals surface area contributed by atoms with Crippen LogP contribution in [0.2, 0.25) is 0 Å². The fourth-order valence-corrected chi connectivity index (χ4v) is 3.26. The summed E-state index contributed by atoms with van der Waals surface area (Å²) in [5, 5.41) is 6.08. The normalized spacial score (nSPS) is 10.8. The highest BCUT2D eigenvalue weighted by atomic mass is 16.5. The third kappa shape index (κ3) is 6.68. The lowest BCUT2D eigenvalue weighted by atomic mass is 10.1. The third-order valence-corrected chi connectivity index (χ3v) is 4.99. The first kappa shape index (κ1) is 23.5. The van der Waals surface area contributed by atoms with E-state index in [-0.39, 0.29) is 12.5 Å². The molecule has 0 saturated carbocycles. The molecule has 0 unspecified atom stereocenters. The Balaban J connectivity index is 1.23. The van der Waals surface area contributed by atoms with Crippen LogP contribution in [0.4, 0.5) is 0 Å². The van der Waals surface area contributed by atoms with Gasteiger partial charge in [0.1, 0.15) is 17.2 Å². The van der Waals surface area contributed by atoms with Gasteiger partial charge < -0.3 is 14.2 Å². The molecule has 0 radical (unpaired) electrons. The minimum absolute atomic E-state index is 0.157. The van der Waals surface area contributed by atoms with Gasteiger partial charge in [-0.25, -0.2) is 10.2 Å². The van der Waals surface area contributed by atoms with Gasteiger partial charge in [-0.3, -0.25) is 4.79 Å². The number of amides is 1. The monoisotopic (exact) mass is 468 g/mol. The summed E-state index contributed by atoms with van der Waals surface area (Å²) in [6.45, 7) is 2.30. The molecule has 7 heteroatoms. The van der Waals surface area contributed by atoms with E-state index in [0.717, 1.165) is 16.3 Å². The molecule has 1 amide bonds. The Bertz CT molecular complexity index is 1330. The minimum Gasteiger partial charge on any atom is -0.494 e. The molecule has 4 rings (SSSR count). The van der Waals surface area contributed by atoms with Crippen molar-refractivity contribution in [3.05, 3.63) is 102 Å². The lowest BCUT2D eigenvalue weighted by Crippen LogP contribution is -2.24. The number of hydrogen-bond acceptors (Lipinski definition) is 6. The Labute approximate surface area is 202 Å². The number of esters is 1. The fourth-order valence-electron chi connectivity index (χ4n) is 3.26. The topological polar surface area (TPSA) is 86.2 Å². The number of fused-ring (bicyclic) bond motifs is 1. The Morgan fingerprint density at radius 3 is 2.23 bits per heavy atom. The Morgan fingerprint density at radius 2 is 1.49 bits per heavy atom. The maximum Gasteiger partial charge on any atom is 0.343 e. The number of benzene rings is 4. The first-order chi connectivity index (χ1) is 17.1. The lowest BCUT2D eigenvalue weighted by Gasteiger charge is -2.07. The number of ether oxygens (including phenoxy) is 3. The molecule has 0 fully saturated rings. The molecule has 0 aliphatic heterocycles. The lowest BCUT2D eigenvalue weighted by molar-refractivity contribution is -0.123. The van der Waals surface area contributed by atoms with Crippen molar-refractivity contribution in [2.24, 2.45) is 5.10 Å². The van der Waals surface area contributed by atoms with Crippen LogP contribution in [0.15, 0.2) is 96.1 Å². The van der Waals surface area contributed by atoms with Crippen LogP contribution in [0.1, 0.15) is 22.8 Å².